The van der Waals surface area contributed by atoms with Gasteiger partial charge in [-0.05, 0) is 30.5 Å². The molecule has 1 N–H and O–H groups in total. The van der Waals surface area contributed by atoms with Crippen LogP contribution in [0.2, 0.25) is 0 Å². The minimum Gasteiger partial charge on any atom is -0.350 e. The number of amides is 1. The lowest BCUT2D eigenvalue weighted by Crippen LogP contribution is -2.34. The van der Waals surface area contributed by atoms with Gasteiger partial charge in [-0.15, -0.1) is 0 Å². The smallest absolute Gasteiger partial charge is 0.350 e. The average Bonchev–Trinajstić information content (AvgIpc) is 3.02. The number of rotatable bonds is 7. The fourth-order valence-corrected chi connectivity index (χ4v) is 2.53. The van der Waals surface area contributed by atoms with E-state index in [1.807, 2.05) is 38.2 Å². The van der Waals surface area contributed by atoms with Gasteiger partial charge < -0.3 is 5.32 Å². The molecular formula is C19H23F3N4O. The SMILES string of the molecule is CCC/N=C(/C(=O)NCCC(F)(F)F)c1cc(-c2cnn(C)c2)ccc1C. The molecule has 0 unspecified atom stereocenters. The van der Waals surface area contributed by atoms with Gasteiger partial charge in [0.1, 0.15) is 5.71 Å². The molecule has 1 heterocycles. The summed E-state index contributed by atoms with van der Waals surface area (Å²) in [6.45, 7) is 3.70. The quantitative estimate of drug-likeness (QED) is 0.745. The molecule has 0 aliphatic heterocycles. The molecule has 27 heavy (non-hydrogen) atoms. The number of aromatic nitrogens is 2. The summed E-state index contributed by atoms with van der Waals surface area (Å²) in [7, 11) is 1.81. The maximum atomic E-state index is 12.5. The van der Waals surface area contributed by atoms with Crippen LogP contribution in [-0.4, -0.2) is 40.7 Å². The number of hydrogen-bond acceptors (Lipinski definition) is 3. The molecular weight excluding hydrogens is 357 g/mol. The molecule has 0 atom stereocenters. The second-order valence-electron chi connectivity index (χ2n) is 6.28. The van der Waals surface area contributed by atoms with Crippen LogP contribution in [-0.2, 0) is 11.8 Å². The molecule has 2 aromatic rings. The van der Waals surface area contributed by atoms with Crippen molar-refractivity contribution in [1.82, 2.24) is 15.1 Å². The Morgan fingerprint density at radius 2 is 2.04 bits per heavy atom. The van der Waals surface area contributed by atoms with Crippen LogP contribution in [0.15, 0.2) is 35.6 Å². The van der Waals surface area contributed by atoms with Gasteiger partial charge in [-0.1, -0.05) is 19.1 Å². The second kappa shape index (κ2) is 8.83. The number of nitrogens with zero attached hydrogens (tertiary/aromatic N) is 3. The van der Waals surface area contributed by atoms with Crippen molar-refractivity contribution < 1.29 is 18.0 Å². The summed E-state index contributed by atoms with van der Waals surface area (Å²) in [4.78, 5) is 16.8. The number of aryl methyl sites for hydroxylation is 2. The third kappa shape index (κ3) is 5.94. The van der Waals surface area contributed by atoms with E-state index in [2.05, 4.69) is 15.4 Å². The van der Waals surface area contributed by atoms with Gasteiger partial charge in [0, 0.05) is 37.5 Å². The molecule has 1 aromatic heterocycles. The normalized spacial score (nSPS) is 12.3. The van der Waals surface area contributed by atoms with Crippen LogP contribution >= 0.6 is 0 Å². The molecule has 2 rings (SSSR count). The summed E-state index contributed by atoms with van der Waals surface area (Å²) in [5, 5.41) is 6.47. The van der Waals surface area contributed by atoms with Gasteiger partial charge in [0.25, 0.3) is 5.91 Å². The molecule has 0 saturated heterocycles. The van der Waals surface area contributed by atoms with Crippen molar-refractivity contribution in [2.24, 2.45) is 12.0 Å². The van der Waals surface area contributed by atoms with Crippen molar-refractivity contribution in [2.45, 2.75) is 32.9 Å². The first-order chi connectivity index (χ1) is 12.7. The summed E-state index contributed by atoms with van der Waals surface area (Å²) in [5.41, 5.74) is 3.32. The first kappa shape index (κ1) is 20.7. The van der Waals surface area contributed by atoms with Gasteiger partial charge in [0.15, 0.2) is 0 Å². The minimum atomic E-state index is -4.32. The molecule has 0 aliphatic carbocycles. The van der Waals surface area contributed by atoms with Crippen molar-refractivity contribution in [2.75, 3.05) is 13.1 Å². The molecule has 0 radical (unpaired) electrons. The third-order valence-corrected chi connectivity index (χ3v) is 3.93. The number of carbonyl (C=O) groups excluding carboxylic acids is 1. The van der Waals surface area contributed by atoms with Crippen molar-refractivity contribution in [3.05, 3.63) is 41.7 Å². The number of aliphatic imine (C=N–C) groups is 1. The standard InChI is InChI=1S/C19H23F3N4O/c1-4-8-23-17(18(27)24-9-7-19(20,21)22)16-10-14(6-5-13(16)2)15-11-25-26(3)12-15/h5-6,10-12H,4,7-9H2,1-3H3,(H,24,27)/b23-17+. The highest BCUT2D eigenvalue weighted by Gasteiger charge is 2.27. The van der Waals surface area contributed by atoms with Crippen LogP contribution in [0, 0.1) is 6.92 Å². The van der Waals surface area contributed by atoms with E-state index in [1.165, 1.54) is 0 Å². The monoisotopic (exact) mass is 380 g/mol. The van der Waals surface area contributed by atoms with E-state index in [9.17, 15) is 18.0 Å². The highest BCUT2D eigenvalue weighted by molar-refractivity contribution is 6.45. The van der Waals surface area contributed by atoms with E-state index in [1.54, 1.807) is 17.9 Å². The van der Waals surface area contributed by atoms with E-state index in [4.69, 9.17) is 0 Å². The van der Waals surface area contributed by atoms with Gasteiger partial charge >= 0.3 is 6.18 Å². The Hall–Kier alpha value is -2.64. The highest BCUT2D eigenvalue weighted by Crippen LogP contribution is 2.23. The van der Waals surface area contributed by atoms with Gasteiger partial charge in [0.05, 0.1) is 12.6 Å². The Balaban J connectivity index is 2.31. The molecule has 5 nitrogen and oxygen atoms in total. The first-order valence-corrected chi connectivity index (χ1v) is 8.70. The summed E-state index contributed by atoms with van der Waals surface area (Å²) in [6, 6.07) is 5.60. The number of nitrogens with one attached hydrogen (secondary N) is 1. The Kier molecular flexibility index (Phi) is 6.76. The summed E-state index contributed by atoms with van der Waals surface area (Å²) >= 11 is 0. The molecule has 0 aliphatic rings. The Bertz CT molecular complexity index is 825. The minimum absolute atomic E-state index is 0.155. The number of benzene rings is 1. The van der Waals surface area contributed by atoms with E-state index < -0.39 is 25.0 Å². The maximum Gasteiger partial charge on any atom is 0.390 e. The van der Waals surface area contributed by atoms with Crippen molar-refractivity contribution in [3.8, 4) is 11.1 Å². The van der Waals surface area contributed by atoms with Crippen LogP contribution in [0.1, 0.15) is 30.9 Å². The lowest BCUT2D eigenvalue weighted by Gasteiger charge is -2.13. The molecule has 0 fully saturated rings. The van der Waals surface area contributed by atoms with Gasteiger partial charge in [0.2, 0.25) is 0 Å². The van der Waals surface area contributed by atoms with Gasteiger partial charge in [-0.3, -0.25) is 14.5 Å². The summed E-state index contributed by atoms with van der Waals surface area (Å²) < 4.78 is 38.7. The fourth-order valence-electron chi connectivity index (χ4n) is 2.53. The van der Waals surface area contributed by atoms with Crippen LogP contribution in [0.5, 0.6) is 0 Å². The average molecular weight is 380 g/mol. The molecule has 0 bridgehead atoms. The zero-order chi connectivity index (χ0) is 20.0. The van der Waals surface area contributed by atoms with E-state index >= 15 is 0 Å². The van der Waals surface area contributed by atoms with Crippen LogP contribution in [0.4, 0.5) is 13.2 Å². The topological polar surface area (TPSA) is 59.3 Å². The second-order valence-corrected chi connectivity index (χ2v) is 6.28. The molecule has 1 amide bonds. The molecule has 146 valence electrons. The summed E-state index contributed by atoms with van der Waals surface area (Å²) in [5.74, 6) is -0.598. The molecule has 0 saturated carbocycles. The van der Waals surface area contributed by atoms with Crippen LogP contribution in [0.3, 0.4) is 0 Å². The van der Waals surface area contributed by atoms with E-state index in [-0.39, 0.29) is 5.71 Å². The van der Waals surface area contributed by atoms with Gasteiger partial charge in [-0.25, -0.2) is 0 Å². The Labute approximate surface area is 156 Å². The fraction of sp³-hybridized carbons (Fsp3) is 0.421. The zero-order valence-electron chi connectivity index (χ0n) is 15.6. The van der Waals surface area contributed by atoms with Crippen LogP contribution in [0.25, 0.3) is 11.1 Å². The number of hydrogen-bond donors (Lipinski definition) is 1. The predicted octanol–water partition coefficient (Wildman–Crippen LogP) is 3.66. The number of alkyl halides is 3. The van der Waals surface area contributed by atoms with Gasteiger partial charge in [-0.2, -0.15) is 18.3 Å². The zero-order valence-corrected chi connectivity index (χ0v) is 15.6. The largest absolute Gasteiger partial charge is 0.390 e. The summed E-state index contributed by atoms with van der Waals surface area (Å²) in [6.07, 6.45) is -1.11. The lowest BCUT2D eigenvalue weighted by atomic mass is 9.98. The Morgan fingerprint density at radius 3 is 2.63 bits per heavy atom. The highest BCUT2D eigenvalue weighted by atomic mass is 19.4. The third-order valence-electron chi connectivity index (χ3n) is 3.93. The maximum absolute atomic E-state index is 12.5. The lowest BCUT2D eigenvalue weighted by molar-refractivity contribution is -0.134. The van der Waals surface area contributed by atoms with Crippen molar-refractivity contribution in [3.63, 3.8) is 0 Å². The number of halogens is 3. The molecule has 0 spiro atoms. The van der Waals surface area contributed by atoms with E-state index in [0.717, 1.165) is 23.1 Å². The predicted molar refractivity (Wildman–Crippen MR) is 98.8 cm³/mol. The number of carbonyl (C=O) groups is 1. The van der Waals surface area contributed by atoms with Crippen molar-refractivity contribution >= 4 is 11.6 Å². The first-order valence-electron chi connectivity index (χ1n) is 8.70. The molecule has 8 heteroatoms. The van der Waals surface area contributed by atoms with E-state index in [0.29, 0.717) is 12.1 Å². The Morgan fingerprint density at radius 1 is 1.30 bits per heavy atom. The van der Waals surface area contributed by atoms with Crippen molar-refractivity contribution in [1.29, 1.82) is 0 Å². The van der Waals surface area contributed by atoms with Crippen LogP contribution < -0.4 is 5.32 Å². The molecule has 1 aromatic carbocycles.